The van der Waals surface area contributed by atoms with Crippen LogP contribution in [0, 0.1) is 5.92 Å². The summed E-state index contributed by atoms with van der Waals surface area (Å²) in [6, 6.07) is 31.9. The van der Waals surface area contributed by atoms with E-state index >= 15 is 0 Å². The predicted molar refractivity (Wildman–Crippen MR) is 187 cm³/mol. The normalized spacial score (nSPS) is 20.1. The van der Waals surface area contributed by atoms with Gasteiger partial charge < -0.3 is 19.9 Å². The fraction of sp³-hybridized carbons (Fsp3) is 0.257. The molecule has 11 heteroatoms. The molecule has 1 fully saturated rings. The van der Waals surface area contributed by atoms with Crippen molar-refractivity contribution in [2.24, 2.45) is 5.92 Å². The molecule has 4 aromatic carbocycles. The van der Waals surface area contributed by atoms with Crippen molar-refractivity contribution in [3.05, 3.63) is 119 Å². The zero-order valence-corrected chi connectivity index (χ0v) is 28.6. The van der Waals surface area contributed by atoms with E-state index < -0.39 is 16.0 Å². The molecule has 1 aliphatic rings. The van der Waals surface area contributed by atoms with E-state index in [-0.39, 0.29) is 31.3 Å². The smallest absolute Gasteiger partial charge is 0.272 e. The number of hydrogen-bond acceptors (Lipinski definition) is 7. The number of aromatic nitrogens is 1. The number of thiazole rings is 1. The van der Waals surface area contributed by atoms with Gasteiger partial charge >= 0.3 is 0 Å². The summed E-state index contributed by atoms with van der Waals surface area (Å²) in [5.74, 6) is 0.101. The number of carbonyl (C=O) groups is 1. The number of nitrogens with one attached hydrogen (secondary N) is 1. The summed E-state index contributed by atoms with van der Waals surface area (Å²) < 4.78 is 13.4. The van der Waals surface area contributed by atoms with Crippen LogP contribution in [0.2, 0.25) is 0 Å². The highest BCUT2D eigenvalue weighted by molar-refractivity contribution is 8.01. The van der Waals surface area contributed by atoms with E-state index in [0.717, 1.165) is 49.0 Å². The zero-order valence-electron chi connectivity index (χ0n) is 24.7. The van der Waals surface area contributed by atoms with E-state index in [1.54, 1.807) is 23.1 Å². The number of thioether (sulfide) groups is 1. The first-order valence-electron chi connectivity index (χ1n) is 14.7. The van der Waals surface area contributed by atoms with Crippen LogP contribution in [0.25, 0.3) is 21.3 Å². The Kier molecular flexibility index (Phi) is 10.6. The molecule has 2 N–H and O–H groups in total. The molecule has 0 bridgehead atoms. The van der Waals surface area contributed by atoms with E-state index in [2.05, 4.69) is 18.3 Å². The highest BCUT2D eigenvalue weighted by Gasteiger charge is 2.38. The molecule has 6 nitrogen and oxygen atoms in total. The third-order valence-electron chi connectivity index (χ3n) is 7.98. The van der Waals surface area contributed by atoms with Gasteiger partial charge in [0.1, 0.15) is 0 Å². The van der Waals surface area contributed by atoms with Gasteiger partial charge in [0.15, 0.2) is 10.6 Å². The van der Waals surface area contributed by atoms with E-state index in [1.165, 1.54) is 4.70 Å². The Morgan fingerprint density at radius 2 is 1.63 bits per heavy atom. The van der Waals surface area contributed by atoms with Gasteiger partial charge in [0.2, 0.25) is 0 Å². The molecule has 4 atom stereocenters. The number of alkyl halides is 3. The van der Waals surface area contributed by atoms with Gasteiger partial charge in [-0.05, 0) is 39.9 Å². The number of aliphatic hydroxyl groups excluding tert-OH is 1. The molecule has 1 aromatic heterocycles. The molecule has 0 radical (unpaired) electrons. The Morgan fingerprint density at radius 3 is 2.35 bits per heavy atom. The number of carbonyl (C=O) groups excluding carboxylic acids is 1. The van der Waals surface area contributed by atoms with Crippen molar-refractivity contribution < 1.29 is 19.4 Å². The van der Waals surface area contributed by atoms with Gasteiger partial charge in [0.05, 0.1) is 29.0 Å². The average Bonchev–Trinajstić information content (AvgIpc) is 3.50. The quantitative estimate of drug-likeness (QED) is 0.117. The Labute approximate surface area is 291 Å². The summed E-state index contributed by atoms with van der Waals surface area (Å²) in [5.41, 5.74) is 6.58. The molecule has 1 aliphatic heterocycles. The molecule has 6 rings (SSSR count). The third-order valence-corrected chi connectivity index (χ3v) is 10.8. The van der Waals surface area contributed by atoms with Crippen molar-refractivity contribution in [3.63, 3.8) is 0 Å². The second kappa shape index (κ2) is 14.6. The third kappa shape index (κ3) is 7.72. The molecule has 46 heavy (non-hydrogen) atoms. The van der Waals surface area contributed by atoms with Crippen LogP contribution in [-0.4, -0.2) is 31.6 Å². The Morgan fingerprint density at radius 1 is 0.935 bits per heavy atom. The first-order chi connectivity index (χ1) is 22.2. The van der Waals surface area contributed by atoms with Gasteiger partial charge in [-0.15, -0.1) is 11.3 Å². The lowest BCUT2D eigenvalue weighted by atomic mass is 9.91. The maximum Gasteiger partial charge on any atom is 0.272 e. The lowest BCUT2D eigenvalue weighted by Crippen LogP contribution is -2.38. The number of nitrogens with zero attached hydrogens (tertiary/aromatic N) is 1. The SMILES string of the molecule is CC1C(CSc2nc3ccccc3s2)OC(c2ccc(-c3ccccc3CNC(=O)C(Cl)(Cl)Cl)cc2)OC1c1ccc(CO)cc1. The van der Waals surface area contributed by atoms with Crippen LogP contribution in [0.1, 0.15) is 41.6 Å². The summed E-state index contributed by atoms with van der Waals surface area (Å²) in [7, 11) is 0. The van der Waals surface area contributed by atoms with Gasteiger partial charge in [-0.2, -0.15) is 0 Å². The standard InChI is InChI=1S/C35H31Cl3N2O4S2/c1-21-29(20-45-34-40-28-8-4-5-9-30(28)46-34)43-32(44-31(21)24-12-10-22(19-41)11-13-24)25-16-14-23(15-17-25)27-7-3-2-6-26(27)18-39-33(42)35(36,37)38/h2-17,21,29,31-32,41H,18-20H2,1H3,(H,39,42). The van der Waals surface area contributed by atoms with E-state index in [9.17, 15) is 9.90 Å². The largest absolute Gasteiger partial charge is 0.392 e. The van der Waals surface area contributed by atoms with E-state index in [0.29, 0.717) is 0 Å². The number of benzene rings is 4. The van der Waals surface area contributed by atoms with Crippen LogP contribution in [0.5, 0.6) is 0 Å². The van der Waals surface area contributed by atoms with Gasteiger partial charge in [0, 0.05) is 23.8 Å². The van der Waals surface area contributed by atoms with Crippen molar-refractivity contribution >= 4 is 74.0 Å². The van der Waals surface area contributed by atoms with E-state index in [4.69, 9.17) is 49.3 Å². The van der Waals surface area contributed by atoms with Crippen molar-refractivity contribution in [3.8, 4) is 11.1 Å². The molecule has 4 unspecified atom stereocenters. The van der Waals surface area contributed by atoms with Crippen molar-refractivity contribution in [2.75, 3.05) is 5.75 Å². The average molecular weight is 714 g/mol. The summed E-state index contributed by atoms with van der Waals surface area (Å²) in [5, 5.41) is 12.3. The molecule has 1 saturated heterocycles. The summed E-state index contributed by atoms with van der Waals surface area (Å²) in [6.45, 7) is 2.36. The van der Waals surface area contributed by atoms with Crippen LogP contribution in [0.3, 0.4) is 0 Å². The monoisotopic (exact) mass is 712 g/mol. The minimum absolute atomic E-state index is 0.0106. The Hall–Kier alpha value is -2.66. The number of amides is 1. The molecule has 1 amide bonds. The minimum Gasteiger partial charge on any atom is -0.392 e. The van der Waals surface area contributed by atoms with Gasteiger partial charge in [-0.3, -0.25) is 4.79 Å². The minimum atomic E-state index is -2.03. The van der Waals surface area contributed by atoms with Gasteiger partial charge in [-0.25, -0.2) is 4.98 Å². The van der Waals surface area contributed by atoms with Crippen LogP contribution < -0.4 is 5.32 Å². The number of para-hydroxylation sites is 1. The van der Waals surface area contributed by atoms with Gasteiger partial charge in [-0.1, -0.05) is 138 Å². The van der Waals surface area contributed by atoms with Crippen LogP contribution in [0.15, 0.2) is 101 Å². The Bertz CT molecular complexity index is 1760. The maximum atomic E-state index is 12.1. The first-order valence-corrected chi connectivity index (χ1v) is 17.7. The molecular formula is C35H31Cl3N2O4S2. The number of rotatable bonds is 9. The number of ether oxygens (including phenoxy) is 2. The molecule has 0 aliphatic carbocycles. The zero-order chi connectivity index (χ0) is 32.3. The van der Waals surface area contributed by atoms with Crippen molar-refractivity contribution in [2.45, 2.75) is 46.7 Å². The lowest BCUT2D eigenvalue weighted by Gasteiger charge is -2.41. The number of hydrogen-bond donors (Lipinski definition) is 2. The second-order valence-corrected chi connectivity index (χ2v) is 15.6. The molecule has 238 valence electrons. The maximum absolute atomic E-state index is 12.1. The molecule has 0 spiro atoms. The van der Waals surface area contributed by atoms with E-state index in [1.807, 2.05) is 91.0 Å². The summed E-state index contributed by atoms with van der Waals surface area (Å²) >= 11 is 20.6. The fourth-order valence-electron chi connectivity index (χ4n) is 5.43. The van der Waals surface area contributed by atoms with Gasteiger partial charge in [0.25, 0.3) is 9.70 Å². The molecule has 0 saturated carbocycles. The first kappa shape index (κ1) is 33.2. The van der Waals surface area contributed by atoms with Crippen LogP contribution in [-0.2, 0) is 27.4 Å². The summed E-state index contributed by atoms with van der Waals surface area (Å²) in [6.07, 6.45) is -0.915. The highest BCUT2D eigenvalue weighted by atomic mass is 35.6. The fourth-order valence-corrected chi connectivity index (χ4v) is 7.89. The molecule has 2 heterocycles. The molecule has 5 aromatic rings. The molecular weight excluding hydrogens is 683 g/mol. The van der Waals surface area contributed by atoms with Crippen molar-refractivity contribution in [1.29, 1.82) is 0 Å². The number of fused-ring (bicyclic) bond motifs is 1. The number of aliphatic hydroxyl groups is 1. The lowest BCUT2D eigenvalue weighted by molar-refractivity contribution is -0.268. The topological polar surface area (TPSA) is 80.7 Å². The number of halogens is 3. The highest BCUT2D eigenvalue weighted by Crippen LogP contribution is 2.44. The second-order valence-electron chi connectivity index (χ2n) is 11.0. The Balaban J connectivity index is 1.23. The summed E-state index contributed by atoms with van der Waals surface area (Å²) in [4.78, 5) is 16.9. The van der Waals surface area contributed by atoms with Crippen molar-refractivity contribution in [1.82, 2.24) is 10.3 Å². The van der Waals surface area contributed by atoms with Crippen LogP contribution in [0.4, 0.5) is 0 Å². The van der Waals surface area contributed by atoms with Crippen LogP contribution >= 0.6 is 57.9 Å². The predicted octanol–water partition coefficient (Wildman–Crippen LogP) is 9.03.